The molecule has 118 valence electrons. The Morgan fingerprint density at radius 3 is 2.29 bits per heavy atom. The smallest absolute Gasteiger partial charge is 0.105 e. The van der Waals surface area contributed by atoms with Gasteiger partial charge in [0.15, 0.2) is 0 Å². The van der Waals surface area contributed by atoms with Crippen LogP contribution in [0.1, 0.15) is 32.8 Å². The number of hydrogen-bond acceptors (Lipinski definition) is 3. The summed E-state index contributed by atoms with van der Waals surface area (Å²) in [5.74, 6) is 0. The van der Waals surface area contributed by atoms with E-state index in [2.05, 4.69) is 30.6 Å². The molecule has 2 N–H and O–H groups in total. The molecule has 1 rings (SSSR count). The predicted octanol–water partition coefficient (Wildman–Crippen LogP) is 3.53. The first-order chi connectivity index (χ1) is 10.0. The summed E-state index contributed by atoms with van der Waals surface area (Å²) in [6, 6.07) is 5.91. The van der Waals surface area contributed by atoms with Gasteiger partial charge in [0.05, 0.1) is 5.02 Å². The summed E-state index contributed by atoms with van der Waals surface area (Å²) >= 11 is 11.2. The van der Waals surface area contributed by atoms with Crippen molar-refractivity contribution in [3.8, 4) is 0 Å². The highest BCUT2D eigenvalue weighted by molar-refractivity contribution is 7.80. The summed E-state index contributed by atoms with van der Waals surface area (Å²) < 4.78 is 0. The molecule has 0 aliphatic carbocycles. The third-order valence-corrected chi connectivity index (χ3v) is 4.29. The molecule has 0 bridgehead atoms. The van der Waals surface area contributed by atoms with Crippen molar-refractivity contribution in [1.82, 2.24) is 4.90 Å². The van der Waals surface area contributed by atoms with Gasteiger partial charge in [-0.3, -0.25) is 0 Å². The molecule has 0 aliphatic rings. The van der Waals surface area contributed by atoms with Crippen molar-refractivity contribution in [2.24, 2.45) is 5.73 Å². The molecule has 0 unspecified atom stereocenters. The molecule has 0 aliphatic heterocycles. The zero-order valence-electron chi connectivity index (χ0n) is 13.2. The first-order valence-electron chi connectivity index (χ1n) is 7.60. The molecule has 5 heteroatoms. The van der Waals surface area contributed by atoms with Crippen LogP contribution in [0.4, 0.5) is 5.69 Å². The third kappa shape index (κ3) is 5.46. The van der Waals surface area contributed by atoms with E-state index < -0.39 is 0 Å². The molecule has 0 atom stereocenters. The van der Waals surface area contributed by atoms with Crippen molar-refractivity contribution >= 4 is 34.5 Å². The van der Waals surface area contributed by atoms with E-state index in [1.54, 1.807) is 0 Å². The number of thiocarbonyl (C=S) groups is 1. The monoisotopic (exact) mass is 327 g/mol. The maximum atomic E-state index is 6.25. The number of rotatable bonds is 9. The van der Waals surface area contributed by atoms with Gasteiger partial charge in [0.25, 0.3) is 0 Å². The molecule has 0 fully saturated rings. The Morgan fingerprint density at radius 1 is 1.14 bits per heavy atom. The largest absolute Gasteiger partial charge is 0.389 e. The van der Waals surface area contributed by atoms with Gasteiger partial charge in [0.2, 0.25) is 0 Å². The molecule has 0 aromatic heterocycles. The second-order valence-electron chi connectivity index (χ2n) is 4.99. The average Bonchev–Trinajstić information content (AvgIpc) is 2.47. The first kappa shape index (κ1) is 18.2. The SMILES string of the molecule is CCN(CC)CCCN(CC)c1ccc(C(N)=S)c(Cl)c1. The fourth-order valence-corrected chi connectivity index (χ4v) is 2.91. The Bertz CT molecular complexity index is 461. The lowest BCUT2D eigenvalue weighted by Gasteiger charge is -2.25. The Labute approximate surface area is 139 Å². The fourth-order valence-electron chi connectivity index (χ4n) is 2.40. The van der Waals surface area contributed by atoms with E-state index in [0.29, 0.717) is 10.0 Å². The lowest BCUT2D eigenvalue weighted by atomic mass is 10.2. The van der Waals surface area contributed by atoms with Crippen molar-refractivity contribution in [2.45, 2.75) is 27.2 Å². The highest BCUT2D eigenvalue weighted by atomic mass is 35.5. The van der Waals surface area contributed by atoms with E-state index >= 15 is 0 Å². The van der Waals surface area contributed by atoms with E-state index in [1.807, 2.05) is 18.2 Å². The minimum atomic E-state index is 0.344. The molecule has 0 saturated carbocycles. The summed E-state index contributed by atoms with van der Waals surface area (Å²) in [5, 5.41) is 0.627. The number of hydrogen-bond donors (Lipinski definition) is 1. The zero-order valence-corrected chi connectivity index (χ0v) is 14.8. The molecule has 0 saturated heterocycles. The van der Waals surface area contributed by atoms with E-state index in [4.69, 9.17) is 29.6 Å². The molecule has 0 spiro atoms. The van der Waals surface area contributed by atoms with Gasteiger partial charge in [-0.1, -0.05) is 37.7 Å². The van der Waals surface area contributed by atoms with Gasteiger partial charge < -0.3 is 15.5 Å². The fraction of sp³-hybridized carbons (Fsp3) is 0.562. The van der Waals surface area contributed by atoms with Crippen molar-refractivity contribution in [3.63, 3.8) is 0 Å². The first-order valence-corrected chi connectivity index (χ1v) is 8.38. The van der Waals surface area contributed by atoms with Gasteiger partial charge in [-0.2, -0.15) is 0 Å². The van der Waals surface area contributed by atoms with E-state index in [-0.39, 0.29) is 0 Å². The van der Waals surface area contributed by atoms with E-state index in [1.165, 1.54) is 0 Å². The molecule has 3 nitrogen and oxygen atoms in total. The molecular weight excluding hydrogens is 302 g/mol. The molecular formula is C16H26ClN3S. The van der Waals surface area contributed by atoms with Gasteiger partial charge in [-0.25, -0.2) is 0 Å². The van der Waals surface area contributed by atoms with Crippen LogP contribution in [-0.4, -0.2) is 42.6 Å². The topological polar surface area (TPSA) is 32.5 Å². The average molecular weight is 328 g/mol. The van der Waals surface area contributed by atoms with Crippen LogP contribution in [0.5, 0.6) is 0 Å². The summed E-state index contributed by atoms with van der Waals surface area (Å²) in [6.45, 7) is 11.9. The maximum absolute atomic E-state index is 6.25. The van der Waals surface area contributed by atoms with E-state index in [0.717, 1.165) is 50.4 Å². The second-order valence-corrected chi connectivity index (χ2v) is 5.84. The molecule has 0 radical (unpaired) electrons. The van der Waals surface area contributed by atoms with Crippen LogP contribution in [0.25, 0.3) is 0 Å². The van der Waals surface area contributed by atoms with Crippen LogP contribution in [0.15, 0.2) is 18.2 Å². The summed E-state index contributed by atoms with van der Waals surface area (Å²) in [6.07, 6.45) is 1.14. The zero-order chi connectivity index (χ0) is 15.8. The highest BCUT2D eigenvalue weighted by Gasteiger charge is 2.09. The normalized spacial score (nSPS) is 10.9. The molecule has 0 heterocycles. The van der Waals surface area contributed by atoms with Crippen LogP contribution in [0, 0.1) is 0 Å². The summed E-state index contributed by atoms with van der Waals surface area (Å²) in [4.78, 5) is 5.12. The molecule has 1 aromatic carbocycles. The van der Waals surface area contributed by atoms with Crippen molar-refractivity contribution in [3.05, 3.63) is 28.8 Å². The quantitative estimate of drug-likeness (QED) is 0.703. The highest BCUT2D eigenvalue weighted by Crippen LogP contribution is 2.24. The molecule has 1 aromatic rings. The minimum Gasteiger partial charge on any atom is -0.389 e. The second kappa shape index (κ2) is 9.23. The van der Waals surface area contributed by atoms with Gasteiger partial charge in [0, 0.05) is 24.3 Å². The number of benzene rings is 1. The number of halogens is 1. The minimum absolute atomic E-state index is 0.344. The van der Waals surface area contributed by atoms with Gasteiger partial charge >= 0.3 is 0 Å². The predicted molar refractivity (Wildman–Crippen MR) is 97.6 cm³/mol. The Kier molecular flexibility index (Phi) is 8.01. The van der Waals surface area contributed by atoms with Crippen LogP contribution >= 0.6 is 23.8 Å². The Hall–Kier alpha value is -0.840. The maximum Gasteiger partial charge on any atom is 0.105 e. The van der Waals surface area contributed by atoms with Crippen molar-refractivity contribution in [1.29, 1.82) is 0 Å². The van der Waals surface area contributed by atoms with Crippen LogP contribution in [0.3, 0.4) is 0 Å². The Morgan fingerprint density at radius 2 is 1.81 bits per heavy atom. The number of nitrogens with zero attached hydrogens (tertiary/aromatic N) is 2. The van der Waals surface area contributed by atoms with E-state index in [9.17, 15) is 0 Å². The standard InChI is InChI=1S/C16H26ClN3S/c1-4-19(5-2)10-7-11-20(6-3)13-8-9-14(16(18)21)15(17)12-13/h8-9,12H,4-7,10-11H2,1-3H3,(H2,18,21). The van der Waals surface area contributed by atoms with Crippen LogP contribution in [0.2, 0.25) is 5.02 Å². The molecule has 21 heavy (non-hydrogen) atoms. The molecule has 0 amide bonds. The lowest BCUT2D eigenvalue weighted by Crippen LogP contribution is -2.30. The summed E-state index contributed by atoms with van der Waals surface area (Å²) in [7, 11) is 0. The number of nitrogens with two attached hydrogens (primary N) is 1. The third-order valence-electron chi connectivity index (χ3n) is 3.76. The van der Waals surface area contributed by atoms with Crippen LogP contribution in [-0.2, 0) is 0 Å². The van der Waals surface area contributed by atoms with Gasteiger partial charge in [-0.15, -0.1) is 0 Å². The van der Waals surface area contributed by atoms with Gasteiger partial charge in [-0.05, 0) is 51.2 Å². The van der Waals surface area contributed by atoms with Crippen LogP contribution < -0.4 is 10.6 Å². The Balaban J connectivity index is 2.68. The van der Waals surface area contributed by atoms with Crippen molar-refractivity contribution in [2.75, 3.05) is 37.6 Å². The summed E-state index contributed by atoms with van der Waals surface area (Å²) in [5.41, 5.74) is 7.52. The lowest BCUT2D eigenvalue weighted by molar-refractivity contribution is 0.301. The van der Waals surface area contributed by atoms with Gasteiger partial charge in [0.1, 0.15) is 4.99 Å². The van der Waals surface area contributed by atoms with Crippen molar-refractivity contribution < 1.29 is 0 Å². The number of anilines is 1.